The van der Waals surface area contributed by atoms with Gasteiger partial charge in [-0.1, -0.05) is 29.3 Å². The highest BCUT2D eigenvalue weighted by atomic mass is 35.5. The monoisotopic (exact) mass is 464 g/mol. The van der Waals surface area contributed by atoms with Crippen molar-refractivity contribution in [2.45, 2.75) is 16.7 Å². The lowest BCUT2D eigenvalue weighted by Gasteiger charge is -2.07. The molecule has 0 spiro atoms. The van der Waals surface area contributed by atoms with E-state index in [1.165, 1.54) is 54.7 Å². The SMILES string of the molecule is Cc1ccc(S(=O)(=O)Oc2ccc(C=NNS(=O)(=O)c3ccc(Cl)cc3)cc2)cc1. The second kappa shape index (κ2) is 8.86. The topological polar surface area (TPSA) is 102 Å². The first kappa shape index (κ1) is 21.8. The molecule has 0 aliphatic rings. The Hall–Kier alpha value is -2.88. The molecule has 3 aromatic rings. The lowest BCUT2D eigenvalue weighted by molar-refractivity contribution is 0.486. The third-order valence-electron chi connectivity index (χ3n) is 3.91. The Labute approximate surface area is 180 Å². The van der Waals surface area contributed by atoms with Crippen molar-refractivity contribution in [1.82, 2.24) is 4.83 Å². The first-order chi connectivity index (χ1) is 14.2. The molecule has 156 valence electrons. The summed E-state index contributed by atoms with van der Waals surface area (Å²) in [6.07, 6.45) is 1.28. The number of hydrazone groups is 1. The number of halogens is 1. The fourth-order valence-electron chi connectivity index (χ4n) is 2.33. The van der Waals surface area contributed by atoms with Crippen LogP contribution >= 0.6 is 11.6 Å². The van der Waals surface area contributed by atoms with Crippen LogP contribution in [0.2, 0.25) is 5.02 Å². The lowest BCUT2D eigenvalue weighted by Crippen LogP contribution is -2.18. The van der Waals surface area contributed by atoms with Gasteiger partial charge in [-0.3, -0.25) is 0 Å². The van der Waals surface area contributed by atoms with Crippen molar-refractivity contribution in [2.75, 3.05) is 0 Å². The number of rotatable bonds is 7. The van der Waals surface area contributed by atoms with Crippen LogP contribution in [0.3, 0.4) is 0 Å². The molecule has 0 saturated carbocycles. The van der Waals surface area contributed by atoms with Crippen molar-refractivity contribution >= 4 is 38.0 Å². The largest absolute Gasteiger partial charge is 0.379 e. The Bertz CT molecular complexity index is 1250. The molecule has 30 heavy (non-hydrogen) atoms. The quantitative estimate of drug-likeness (QED) is 0.326. The molecule has 10 heteroatoms. The maximum absolute atomic E-state index is 12.3. The molecule has 0 aliphatic carbocycles. The first-order valence-corrected chi connectivity index (χ1v) is 11.8. The second-order valence-corrected chi connectivity index (χ2v) is 9.87. The van der Waals surface area contributed by atoms with Crippen LogP contribution in [0.25, 0.3) is 0 Å². The van der Waals surface area contributed by atoms with Crippen LogP contribution in [0.4, 0.5) is 0 Å². The highest BCUT2D eigenvalue weighted by Gasteiger charge is 2.16. The minimum atomic E-state index is -3.95. The van der Waals surface area contributed by atoms with Gasteiger partial charge in [0, 0.05) is 5.02 Å². The Kier molecular flexibility index (Phi) is 6.45. The first-order valence-electron chi connectivity index (χ1n) is 8.57. The highest BCUT2D eigenvalue weighted by molar-refractivity contribution is 7.89. The zero-order valence-corrected chi connectivity index (χ0v) is 18.1. The maximum Gasteiger partial charge on any atom is 0.339 e. The average Bonchev–Trinajstić information content (AvgIpc) is 2.70. The van der Waals surface area contributed by atoms with E-state index < -0.39 is 20.1 Å². The normalized spacial score (nSPS) is 12.1. The Morgan fingerprint density at radius 1 is 0.833 bits per heavy atom. The predicted octanol–water partition coefficient (Wildman–Crippen LogP) is 3.73. The summed E-state index contributed by atoms with van der Waals surface area (Å²) in [7, 11) is -7.77. The van der Waals surface area contributed by atoms with Gasteiger partial charge in [0.25, 0.3) is 10.0 Å². The zero-order valence-electron chi connectivity index (χ0n) is 15.7. The predicted molar refractivity (Wildman–Crippen MR) is 115 cm³/mol. The molecule has 0 fully saturated rings. The summed E-state index contributed by atoms with van der Waals surface area (Å²) in [5, 5.41) is 4.14. The van der Waals surface area contributed by atoms with E-state index in [9.17, 15) is 16.8 Å². The smallest absolute Gasteiger partial charge is 0.339 e. The standard InChI is InChI=1S/C20H17ClN2O5S2/c1-15-2-10-20(11-3-15)30(26,27)28-18-8-4-16(5-9-18)14-22-23-29(24,25)19-12-6-17(21)7-13-19/h2-14,23H,1H3. The summed E-state index contributed by atoms with van der Waals surface area (Å²) in [5.41, 5.74) is 1.47. The molecule has 0 unspecified atom stereocenters. The van der Waals surface area contributed by atoms with E-state index in [1.807, 2.05) is 6.92 Å². The molecule has 0 amide bonds. The number of aryl methyl sites for hydroxylation is 1. The van der Waals surface area contributed by atoms with Crippen LogP contribution in [0, 0.1) is 6.92 Å². The molecule has 3 rings (SSSR count). The van der Waals surface area contributed by atoms with Gasteiger partial charge >= 0.3 is 10.1 Å². The van der Waals surface area contributed by atoms with Gasteiger partial charge in [0.05, 0.1) is 11.1 Å². The van der Waals surface area contributed by atoms with Crippen LogP contribution in [0.15, 0.2) is 87.7 Å². The van der Waals surface area contributed by atoms with Crippen molar-refractivity contribution in [3.8, 4) is 5.75 Å². The summed E-state index contributed by atoms with van der Waals surface area (Å²) in [4.78, 5) is 2.17. The highest BCUT2D eigenvalue weighted by Crippen LogP contribution is 2.19. The van der Waals surface area contributed by atoms with E-state index in [4.69, 9.17) is 15.8 Å². The van der Waals surface area contributed by atoms with Crippen LogP contribution in [0.5, 0.6) is 5.75 Å². The van der Waals surface area contributed by atoms with E-state index in [0.29, 0.717) is 10.6 Å². The molecule has 0 heterocycles. The van der Waals surface area contributed by atoms with Crippen molar-refractivity contribution < 1.29 is 21.0 Å². The van der Waals surface area contributed by atoms with Crippen LogP contribution in [-0.2, 0) is 20.1 Å². The van der Waals surface area contributed by atoms with Crippen LogP contribution < -0.4 is 9.01 Å². The molecular weight excluding hydrogens is 448 g/mol. The van der Waals surface area contributed by atoms with Gasteiger partial charge in [-0.05, 0) is 73.2 Å². The lowest BCUT2D eigenvalue weighted by atomic mass is 10.2. The molecule has 7 nitrogen and oxygen atoms in total. The summed E-state index contributed by atoms with van der Waals surface area (Å²) < 4.78 is 54.0. The molecule has 0 aromatic heterocycles. The van der Waals surface area contributed by atoms with Crippen molar-refractivity contribution in [1.29, 1.82) is 0 Å². The number of sulfonamides is 1. The fraction of sp³-hybridized carbons (Fsp3) is 0.0500. The van der Waals surface area contributed by atoms with Crippen LogP contribution in [0.1, 0.15) is 11.1 Å². The van der Waals surface area contributed by atoms with Crippen LogP contribution in [-0.4, -0.2) is 23.1 Å². The van der Waals surface area contributed by atoms with E-state index in [1.54, 1.807) is 24.3 Å². The van der Waals surface area contributed by atoms with Crippen molar-refractivity contribution in [2.24, 2.45) is 5.10 Å². The number of benzene rings is 3. The van der Waals surface area contributed by atoms with Gasteiger partial charge in [0.1, 0.15) is 10.6 Å². The Balaban J connectivity index is 1.65. The molecule has 0 radical (unpaired) electrons. The molecule has 0 atom stereocenters. The molecule has 0 bridgehead atoms. The molecule has 3 aromatic carbocycles. The van der Waals surface area contributed by atoms with E-state index in [2.05, 4.69) is 9.93 Å². The molecule has 1 N–H and O–H groups in total. The Morgan fingerprint density at radius 3 is 2.00 bits per heavy atom. The van der Waals surface area contributed by atoms with Crippen molar-refractivity contribution in [3.05, 3.63) is 88.9 Å². The minimum absolute atomic E-state index is 0.0223. The van der Waals surface area contributed by atoms with E-state index in [0.717, 1.165) is 5.56 Å². The van der Waals surface area contributed by atoms with Gasteiger partial charge in [0.15, 0.2) is 0 Å². The van der Waals surface area contributed by atoms with E-state index >= 15 is 0 Å². The molecule has 0 saturated heterocycles. The number of nitrogens with one attached hydrogen (secondary N) is 1. The summed E-state index contributed by atoms with van der Waals surface area (Å²) in [6.45, 7) is 1.85. The third kappa shape index (κ3) is 5.59. The second-order valence-electron chi connectivity index (χ2n) is 6.23. The summed E-state index contributed by atoms with van der Waals surface area (Å²) in [6, 6.07) is 17.9. The average molecular weight is 465 g/mol. The molecule has 0 aliphatic heterocycles. The summed E-state index contributed by atoms with van der Waals surface area (Å²) in [5.74, 6) is 0.120. The van der Waals surface area contributed by atoms with Gasteiger partial charge in [-0.15, -0.1) is 0 Å². The number of hydrogen-bond donors (Lipinski definition) is 1. The van der Waals surface area contributed by atoms with Gasteiger partial charge in [-0.2, -0.15) is 21.9 Å². The number of hydrogen-bond acceptors (Lipinski definition) is 6. The van der Waals surface area contributed by atoms with E-state index in [-0.39, 0.29) is 15.5 Å². The fourth-order valence-corrected chi connectivity index (χ4v) is 4.17. The summed E-state index contributed by atoms with van der Waals surface area (Å²) >= 11 is 5.75. The third-order valence-corrected chi connectivity index (χ3v) is 6.66. The van der Waals surface area contributed by atoms with Gasteiger partial charge < -0.3 is 4.18 Å². The van der Waals surface area contributed by atoms with Gasteiger partial charge in [0.2, 0.25) is 0 Å². The zero-order chi connectivity index (χ0) is 21.8. The van der Waals surface area contributed by atoms with Crippen molar-refractivity contribution in [3.63, 3.8) is 0 Å². The maximum atomic E-state index is 12.3. The minimum Gasteiger partial charge on any atom is -0.379 e. The number of nitrogens with zero attached hydrogens (tertiary/aromatic N) is 1. The van der Waals surface area contributed by atoms with Gasteiger partial charge in [-0.25, -0.2) is 4.83 Å². The molecular formula is C20H17ClN2O5S2. The Morgan fingerprint density at radius 2 is 1.40 bits per heavy atom.